The largest absolute Gasteiger partial charge is 0.454 e. The summed E-state index contributed by atoms with van der Waals surface area (Å²) in [6.45, 7) is 4.38. The quantitative estimate of drug-likeness (QED) is 0.145. The number of hydrogen-bond donors (Lipinski definition) is 0. The molecule has 0 atom stereocenters. The molecule has 0 fully saturated rings. The summed E-state index contributed by atoms with van der Waals surface area (Å²) in [6, 6.07) is 79.3. The lowest BCUT2D eigenvalue weighted by Gasteiger charge is -2.26. The van der Waals surface area contributed by atoms with Gasteiger partial charge in [-0.05, 0) is 130 Å². The van der Waals surface area contributed by atoms with Gasteiger partial charge in [-0.25, -0.2) is 0 Å². The second-order valence-electron chi connectivity index (χ2n) is 19.1. The maximum absolute atomic E-state index is 6.82. The SMILES string of the molecule is CCc1cccc2c1oc1c(N(c3ccccc3)c3ccc4cc(-c5cccc6c7cc8ccc(N(c9ccccc9)c9cccc%10c9oc9c(CC)cccc9%10)cc8cc7n(C)c56)ccc4c3)cccc12. The van der Waals surface area contributed by atoms with Gasteiger partial charge in [-0.2, -0.15) is 0 Å². The molecule has 0 spiro atoms. The predicted molar refractivity (Wildman–Crippen MR) is 304 cm³/mol. The molecule has 0 aliphatic heterocycles. The maximum atomic E-state index is 6.82. The van der Waals surface area contributed by atoms with Crippen LogP contribution in [-0.4, -0.2) is 4.57 Å². The lowest BCUT2D eigenvalue weighted by molar-refractivity contribution is 0.663. The molecule has 0 aliphatic carbocycles. The Bertz CT molecular complexity index is 4450. The molecule has 0 amide bonds. The van der Waals surface area contributed by atoms with Gasteiger partial charge in [-0.3, -0.25) is 0 Å². The molecule has 72 heavy (non-hydrogen) atoms. The highest BCUT2D eigenvalue weighted by Gasteiger charge is 2.23. The van der Waals surface area contributed by atoms with Crippen LogP contribution in [0.15, 0.2) is 227 Å². The van der Waals surface area contributed by atoms with Gasteiger partial charge < -0.3 is 23.2 Å². The Balaban J connectivity index is 0.866. The molecular weight excluding hydrogens is 879 g/mol. The molecule has 0 saturated carbocycles. The van der Waals surface area contributed by atoms with Crippen molar-refractivity contribution in [1.29, 1.82) is 0 Å². The molecule has 0 bridgehead atoms. The Hall–Kier alpha value is -9.06. The Morgan fingerprint density at radius 2 is 0.833 bits per heavy atom. The van der Waals surface area contributed by atoms with Crippen LogP contribution in [-0.2, 0) is 19.9 Å². The second kappa shape index (κ2) is 16.5. The Kier molecular flexibility index (Phi) is 9.62. The molecule has 14 aromatic rings. The van der Waals surface area contributed by atoms with Gasteiger partial charge in [0.2, 0.25) is 0 Å². The van der Waals surface area contributed by atoms with Gasteiger partial charge in [0.1, 0.15) is 11.2 Å². The van der Waals surface area contributed by atoms with Crippen molar-refractivity contribution < 1.29 is 8.83 Å². The summed E-state index contributed by atoms with van der Waals surface area (Å²) in [5.74, 6) is 0. The summed E-state index contributed by atoms with van der Waals surface area (Å²) in [6.07, 6.45) is 1.82. The monoisotopic (exact) mass is 927 g/mol. The molecule has 0 saturated heterocycles. The van der Waals surface area contributed by atoms with Crippen LogP contribution in [0.3, 0.4) is 0 Å². The van der Waals surface area contributed by atoms with E-state index in [2.05, 4.69) is 254 Å². The number of nitrogens with zero attached hydrogens (tertiary/aromatic N) is 3. The average Bonchev–Trinajstić information content (AvgIpc) is 4.11. The molecule has 0 aliphatic rings. The van der Waals surface area contributed by atoms with E-state index in [1.165, 1.54) is 65.6 Å². The van der Waals surface area contributed by atoms with Crippen LogP contribution in [0.2, 0.25) is 0 Å². The molecule has 0 radical (unpaired) electrons. The fourth-order valence-corrected chi connectivity index (χ4v) is 11.6. The molecule has 344 valence electrons. The van der Waals surface area contributed by atoms with E-state index in [0.29, 0.717) is 0 Å². The number of rotatable bonds is 9. The molecule has 3 aromatic heterocycles. The first kappa shape index (κ1) is 41.9. The third-order valence-corrected chi connectivity index (χ3v) is 15.1. The zero-order valence-corrected chi connectivity index (χ0v) is 40.4. The summed E-state index contributed by atoms with van der Waals surface area (Å²) in [4.78, 5) is 4.67. The highest BCUT2D eigenvalue weighted by molar-refractivity contribution is 6.17. The lowest BCUT2D eigenvalue weighted by atomic mass is 9.98. The van der Waals surface area contributed by atoms with Gasteiger partial charge in [-0.1, -0.05) is 153 Å². The molecule has 3 heterocycles. The molecular formula is C67H49N3O2. The number of hydrogen-bond acceptors (Lipinski definition) is 4. The summed E-state index contributed by atoms with van der Waals surface area (Å²) >= 11 is 0. The van der Waals surface area contributed by atoms with Gasteiger partial charge >= 0.3 is 0 Å². The normalized spacial score (nSPS) is 11.9. The second-order valence-corrected chi connectivity index (χ2v) is 19.1. The fourth-order valence-electron chi connectivity index (χ4n) is 11.6. The number of aromatic nitrogens is 1. The maximum Gasteiger partial charge on any atom is 0.159 e. The van der Waals surface area contributed by atoms with E-state index in [1.54, 1.807) is 0 Å². The molecule has 0 unspecified atom stereocenters. The lowest BCUT2D eigenvalue weighted by Crippen LogP contribution is -2.10. The summed E-state index contributed by atoms with van der Waals surface area (Å²) in [5, 5.41) is 11.7. The van der Waals surface area contributed by atoms with Crippen LogP contribution in [0.1, 0.15) is 25.0 Å². The van der Waals surface area contributed by atoms with Gasteiger partial charge in [0.25, 0.3) is 0 Å². The van der Waals surface area contributed by atoms with Crippen molar-refractivity contribution in [3.8, 4) is 11.1 Å². The number of fused-ring (bicyclic) bond motifs is 11. The number of aryl methyl sites for hydroxylation is 3. The first-order valence-electron chi connectivity index (χ1n) is 25.1. The number of furan rings is 2. The van der Waals surface area contributed by atoms with Gasteiger partial charge in [-0.15, -0.1) is 0 Å². The van der Waals surface area contributed by atoms with Crippen molar-refractivity contribution in [1.82, 2.24) is 4.57 Å². The van der Waals surface area contributed by atoms with E-state index in [9.17, 15) is 0 Å². The van der Waals surface area contributed by atoms with Crippen LogP contribution >= 0.6 is 0 Å². The van der Waals surface area contributed by atoms with Crippen molar-refractivity contribution in [3.05, 3.63) is 230 Å². The topological polar surface area (TPSA) is 37.7 Å². The minimum atomic E-state index is 0.888. The van der Waals surface area contributed by atoms with Crippen LogP contribution in [0.25, 0.3) is 98.4 Å². The van der Waals surface area contributed by atoms with Crippen molar-refractivity contribution in [2.45, 2.75) is 26.7 Å². The van der Waals surface area contributed by atoms with Crippen molar-refractivity contribution in [3.63, 3.8) is 0 Å². The van der Waals surface area contributed by atoms with Gasteiger partial charge in [0.15, 0.2) is 11.2 Å². The summed E-state index contributed by atoms with van der Waals surface area (Å²) in [5.41, 5.74) is 17.2. The van der Waals surface area contributed by atoms with E-state index in [1.807, 2.05) is 0 Å². The van der Waals surface area contributed by atoms with Crippen LogP contribution < -0.4 is 9.80 Å². The predicted octanol–water partition coefficient (Wildman–Crippen LogP) is 19.2. The van der Waals surface area contributed by atoms with E-state index in [-0.39, 0.29) is 0 Å². The number of para-hydroxylation sites is 7. The highest BCUT2D eigenvalue weighted by atomic mass is 16.3. The first-order chi connectivity index (χ1) is 35.5. The Morgan fingerprint density at radius 1 is 0.361 bits per heavy atom. The molecule has 14 rings (SSSR count). The van der Waals surface area contributed by atoms with Gasteiger partial charge in [0, 0.05) is 73.2 Å². The van der Waals surface area contributed by atoms with Crippen LogP contribution in [0, 0.1) is 0 Å². The number of anilines is 6. The summed E-state index contributed by atoms with van der Waals surface area (Å²) < 4.78 is 16.0. The Labute approximate surface area is 417 Å². The average molecular weight is 928 g/mol. The smallest absolute Gasteiger partial charge is 0.159 e. The first-order valence-corrected chi connectivity index (χ1v) is 25.1. The van der Waals surface area contributed by atoms with Crippen molar-refractivity contribution >= 4 is 121 Å². The van der Waals surface area contributed by atoms with E-state index in [0.717, 1.165) is 90.8 Å². The third-order valence-electron chi connectivity index (χ3n) is 15.1. The summed E-state index contributed by atoms with van der Waals surface area (Å²) in [7, 11) is 2.21. The standard InChI is InChI=1S/C67H49N3O2/c1-4-42-17-12-25-55-57-27-15-29-60(66(57)71-64(42)55)69(49-19-8-6-9-20-49)51-35-33-44-37-47(32-31-45(44)38-51)53-23-14-24-54-59-40-46-34-36-52(39-48(46)41-62(59)68(3)63(53)54)70(50-21-10-7-11-22-50)61-30-16-28-58-56-26-13-18-43(5-2)65(56)72-67(58)61/h6-41H,4-5H2,1-3H3. The van der Waals surface area contributed by atoms with Crippen molar-refractivity contribution in [2.75, 3.05) is 9.80 Å². The zero-order chi connectivity index (χ0) is 48.0. The van der Waals surface area contributed by atoms with Crippen LogP contribution in [0.4, 0.5) is 34.1 Å². The third kappa shape index (κ3) is 6.47. The van der Waals surface area contributed by atoms with Crippen LogP contribution in [0.5, 0.6) is 0 Å². The van der Waals surface area contributed by atoms with Crippen molar-refractivity contribution in [2.24, 2.45) is 7.05 Å². The van der Waals surface area contributed by atoms with Gasteiger partial charge in [0.05, 0.1) is 16.9 Å². The van der Waals surface area contributed by atoms with E-state index in [4.69, 9.17) is 8.83 Å². The molecule has 11 aromatic carbocycles. The molecule has 0 N–H and O–H groups in total. The molecule has 5 heteroatoms. The highest BCUT2D eigenvalue weighted by Crippen LogP contribution is 2.46. The van der Waals surface area contributed by atoms with E-state index < -0.39 is 0 Å². The van der Waals surface area contributed by atoms with E-state index >= 15 is 0 Å². The minimum Gasteiger partial charge on any atom is -0.454 e. The molecule has 5 nitrogen and oxygen atoms in total. The zero-order valence-electron chi connectivity index (χ0n) is 40.4. The minimum absolute atomic E-state index is 0.888. The Morgan fingerprint density at radius 3 is 1.40 bits per heavy atom. The number of benzene rings is 11. The fraction of sp³-hybridized carbons (Fsp3) is 0.0746.